The summed E-state index contributed by atoms with van der Waals surface area (Å²) in [4.78, 5) is 12.3. The minimum atomic E-state index is 0.381. The Labute approximate surface area is 119 Å². The fraction of sp³-hybridized carbons (Fsp3) is 0.182. The minimum absolute atomic E-state index is 0.381. The quantitative estimate of drug-likeness (QED) is 0.532. The van der Waals surface area contributed by atoms with Crippen molar-refractivity contribution in [2.75, 3.05) is 11.6 Å². The zero-order valence-electron chi connectivity index (χ0n) is 9.52. The lowest BCUT2D eigenvalue weighted by Gasteiger charge is -2.06. The molecule has 4 nitrogen and oxygen atoms in total. The second-order valence-corrected chi connectivity index (χ2v) is 4.95. The number of hydrogen-bond donors (Lipinski definition) is 1. The van der Waals surface area contributed by atoms with E-state index in [4.69, 9.17) is 23.2 Å². The molecule has 0 fully saturated rings. The second kappa shape index (κ2) is 6.22. The molecule has 0 bridgehead atoms. The number of anilines is 1. The summed E-state index contributed by atoms with van der Waals surface area (Å²) in [6.07, 6.45) is 3.65. The van der Waals surface area contributed by atoms with Crippen LogP contribution in [0, 0.1) is 0 Å². The predicted octanol–water partition coefficient (Wildman–Crippen LogP) is 3.51. The summed E-state index contributed by atoms with van der Waals surface area (Å²) in [7, 11) is 0. The molecule has 0 radical (unpaired) electrons. The molecule has 2 heterocycles. The Balaban J connectivity index is 2.06. The van der Waals surface area contributed by atoms with E-state index in [1.54, 1.807) is 18.3 Å². The second-order valence-electron chi connectivity index (χ2n) is 3.40. The van der Waals surface area contributed by atoms with E-state index in [1.165, 1.54) is 11.8 Å². The average Bonchev–Trinajstić information content (AvgIpc) is 2.35. The zero-order chi connectivity index (χ0) is 13.0. The fourth-order valence-corrected chi connectivity index (χ4v) is 2.21. The summed E-state index contributed by atoms with van der Waals surface area (Å²) < 4.78 is 0. The monoisotopic (exact) mass is 300 g/mol. The highest BCUT2D eigenvalue weighted by Gasteiger charge is 2.01. The van der Waals surface area contributed by atoms with Gasteiger partial charge in [0.2, 0.25) is 0 Å². The van der Waals surface area contributed by atoms with Crippen molar-refractivity contribution in [1.82, 2.24) is 15.0 Å². The van der Waals surface area contributed by atoms with Gasteiger partial charge in [-0.1, -0.05) is 35.0 Å². The minimum Gasteiger partial charge on any atom is -0.366 e. The number of aromatic nitrogens is 3. The Kier molecular flexibility index (Phi) is 4.63. The van der Waals surface area contributed by atoms with Gasteiger partial charge in [0, 0.05) is 12.7 Å². The van der Waals surface area contributed by atoms with Gasteiger partial charge < -0.3 is 5.32 Å². The Morgan fingerprint density at radius 2 is 1.94 bits per heavy atom. The molecule has 0 aliphatic rings. The molecule has 0 saturated heterocycles. The van der Waals surface area contributed by atoms with Crippen LogP contribution < -0.4 is 5.32 Å². The van der Waals surface area contributed by atoms with Gasteiger partial charge in [0.25, 0.3) is 0 Å². The van der Waals surface area contributed by atoms with Crippen molar-refractivity contribution in [1.29, 1.82) is 0 Å². The number of hydrogen-bond acceptors (Lipinski definition) is 5. The smallest absolute Gasteiger partial charge is 0.189 e. The third-order valence-corrected chi connectivity index (χ3v) is 3.06. The first kappa shape index (κ1) is 13.4. The molecule has 0 amide bonds. The Morgan fingerprint density at radius 3 is 2.61 bits per heavy atom. The highest BCUT2D eigenvalue weighted by atomic mass is 35.5. The van der Waals surface area contributed by atoms with Gasteiger partial charge in [-0.25, -0.2) is 15.0 Å². The van der Waals surface area contributed by atoms with Crippen molar-refractivity contribution in [3.05, 3.63) is 40.3 Å². The lowest BCUT2D eigenvalue weighted by Crippen LogP contribution is -2.02. The topological polar surface area (TPSA) is 50.7 Å². The lowest BCUT2D eigenvalue weighted by molar-refractivity contribution is 0.955. The van der Waals surface area contributed by atoms with Gasteiger partial charge in [-0.3, -0.25) is 0 Å². The third-order valence-electron chi connectivity index (χ3n) is 2.11. The van der Waals surface area contributed by atoms with Gasteiger partial charge >= 0.3 is 0 Å². The van der Waals surface area contributed by atoms with Crippen molar-refractivity contribution >= 4 is 40.8 Å². The van der Waals surface area contributed by atoms with Crippen molar-refractivity contribution in [2.24, 2.45) is 0 Å². The van der Waals surface area contributed by atoms with E-state index in [1.807, 2.05) is 12.3 Å². The molecule has 0 aliphatic heterocycles. The van der Waals surface area contributed by atoms with Crippen molar-refractivity contribution in [2.45, 2.75) is 11.7 Å². The Bertz CT molecular complexity index is 530. The number of pyridine rings is 1. The molecule has 0 spiro atoms. The van der Waals surface area contributed by atoms with E-state index in [0.29, 0.717) is 16.9 Å². The largest absolute Gasteiger partial charge is 0.366 e. The Hall–Kier alpha value is -1.04. The van der Waals surface area contributed by atoms with Crippen molar-refractivity contribution in [3.63, 3.8) is 0 Å². The van der Waals surface area contributed by atoms with Crippen LogP contribution in [0.25, 0.3) is 0 Å². The SMILES string of the molecule is CSc1nccc(NCc2cc(Cl)nc(Cl)c2)n1. The summed E-state index contributed by atoms with van der Waals surface area (Å²) in [6.45, 7) is 0.576. The van der Waals surface area contributed by atoms with E-state index in [0.717, 1.165) is 16.5 Å². The Morgan fingerprint density at radius 1 is 1.22 bits per heavy atom. The lowest BCUT2D eigenvalue weighted by atomic mass is 10.3. The maximum absolute atomic E-state index is 5.83. The van der Waals surface area contributed by atoms with Crippen LogP contribution in [-0.4, -0.2) is 21.2 Å². The van der Waals surface area contributed by atoms with Crippen molar-refractivity contribution < 1.29 is 0 Å². The molecule has 0 aliphatic carbocycles. The van der Waals surface area contributed by atoms with Crippen LogP contribution in [-0.2, 0) is 6.54 Å². The molecule has 7 heteroatoms. The first-order valence-corrected chi connectivity index (χ1v) is 7.08. The van der Waals surface area contributed by atoms with Gasteiger partial charge in [0.1, 0.15) is 16.1 Å². The van der Waals surface area contributed by atoms with E-state index in [-0.39, 0.29) is 0 Å². The highest BCUT2D eigenvalue weighted by Crippen LogP contribution is 2.16. The summed E-state index contributed by atoms with van der Waals surface area (Å²) >= 11 is 13.1. The van der Waals surface area contributed by atoms with Crippen LogP contribution in [0.2, 0.25) is 10.3 Å². The highest BCUT2D eigenvalue weighted by molar-refractivity contribution is 7.98. The molecule has 0 saturated carbocycles. The number of thioether (sulfide) groups is 1. The zero-order valence-corrected chi connectivity index (χ0v) is 11.9. The molecule has 0 unspecified atom stereocenters. The van der Waals surface area contributed by atoms with E-state index >= 15 is 0 Å². The van der Waals surface area contributed by atoms with Crippen LogP contribution in [0.4, 0.5) is 5.82 Å². The van der Waals surface area contributed by atoms with Crippen LogP contribution in [0.1, 0.15) is 5.56 Å². The fourth-order valence-electron chi connectivity index (χ4n) is 1.35. The van der Waals surface area contributed by atoms with Crippen LogP contribution in [0.5, 0.6) is 0 Å². The van der Waals surface area contributed by atoms with Crippen LogP contribution >= 0.6 is 35.0 Å². The van der Waals surface area contributed by atoms with E-state index in [9.17, 15) is 0 Å². The number of halogens is 2. The first-order chi connectivity index (χ1) is 8.67. The molecular weight excluding hydrogens is 291 g/mol. The van der Waals surface area contributed by atoms with E-state index in [2.05, 4.69) is 20.3 Å². The summed E-state index contributed by atoms with van der Waals surface area (Å²) in [6, 6.07) is 5.33. The summed E-state index contributed by atoms with van der Waals surface area (Å²) in [5.41, 5.74) is 0.948. The maximum atomic E-state index is 5.83. The molecule has 0 aromatic carbocycles. The molecule has 0 atom stereocenters. The first-order valence-electron chi connectivity index (χ1n) is 5.10. The predicted molar refractivity (Wildman–Crippen MR) is 75.4 cm³/mol. The maximum Gasteiger partial charge on any atom is 0.189 e. The molecular formula is C11H10Cl2N4S. The summed E-state index contributed by atoms with van der Waals surface area (Å²) in [5.74, 6) is 0.762. The molecule has 18 heavy (non-hydrogen) atoms. The molecule has 2 rings (SSSR count). The van der Waals surface area contributed by atoms with Crippen LogP contribution in [0.3, 0.4) is 0 Å². The normalized spacial score (nSPS) is 10.4. The van der Waals surface area contributed by atoms with Gasteiger partial charge in [0.15, 0.2) is 5.16 Å². The van der Waals surface area contributed by atoms with Gasteiger partial charge in [-0.2, -0.15) is 0 Å². The standard InChI is InChI=1S/C11H10Cl2N4S/c1-18-11-14-3-2-10(17-11)15-6-7-4-8(12)16-9(13)5-7/h2-5H,6H2,1H3,(H,14,15,17). The number of rotatable bonds is 4. The molecule has 2 aromatic heterocycles. The van der Waals surface area contributed by atoms with Gasteiger partial charge in [0.05, 0.1) is 0 Å². The van der Waals surface area contributed by atoms with Crippen molar-refractivity contribution in [3.8, 4) is 0 Å². The molecule has 2 aromatic rings. The average molecular weight is 301 g/mol. The molecule has 1 N–H and O–H groups in total. The van der Waals surface area contributed by atoms with Gasteiger partial charge in [-0.15, -0.1) is 0 Å². The van der Waals surface area contributed by atoms with Gasteiger partial charge in [-0.05, 0) is 30.0 Å². The number of nitrogens with zero attached hydrogens (tertiary/aromatic N) is 3. The number of nitrogens with one attached hydrogen (secondary N) is 1. The third kappa shape index (κ3) is 3.73. The summed E-state index contributed by atoms with van der Waals surface area (Å²) in [5, 5.41) is 4.67. The molecule has 94 valence electrons. The van der Waals surface area contributed by atoms with Crippen LogP contribution in [0.15, 0.2) is 29.6 Å². The van der Waals surface area contributed by atoms with E-state index < -0.39 is 0 Å².